The van der Waals surface area contributed by atoms with E-state index in [2.05, 4.69) is 15.7 Å². The number of nitrogens with zero attached hydrogens (tertiary/aromatic N) is 2. The fourth-order valence-electron chi connectivity index (χ4n) is 1.90. The molecule has 1 aromatic heterocycles. The SMILES string of the molecule is CN1CC(NC(=O)c2cnc(NN)c(Cl)c2)CC1=O. The number of halogens is 1. The summed E-state index contributed by atoms with van der Waals surface area (Å²) in [6.07, 6.45) is 1.68. The maximum atomic E-state index is 12.0. The number of amides is 2. The molecule has 7 nitrogen and oxygen atoms in total. The van der Waals surface area contributed by atoms with Gasteiger partial charge in [-0.3, -0.25) is 9.59 Å². The Bertz CT molecular complexity index is 522. The molecular formula is C11H14ClN5O2. The summed E-state index contributed by atoms with van der Waals surface area (Å²) < 4.78 is 0. The molecular weight excluding hydrogens is 270 g/mol. The monoisotopic (exact) mass is 283 g/mol. The second-order valence-corrected chi connectivity index (χ2v) is 4.75. The third kappa shape index (κ3) is 2.94. The Balaban J connectivity index is 2.04. The molecule has 4 N–H and O–H groups in total. The fraction of sp³-hybridized carbons (Fsp3) is 0.364. The van der Waals surface area contributed by atoms with Gasteiger partial charge < -0.3 is 15.6 Å². The van der Waals surface area contributed by atoms with Gasteiger partial charge in [0.15, 0.2) is 5.82 Å². The number of hydrazine groups is 1. The summed E-state index contributed by atoms with van der Waals surface area (Å²) in [5.74, 6) is 5.20. The minimum absolute atomic E-state index is 0.0177. The van der Waals surface area contributed by atoms with Crippen molar-refractivity contribution in [2.24, 2.45) is 5.84 Å². The van der Waals surface area contributed by atoms with Crippen LogP contribution in [-0.2, 0) is 4.79 Å². The van der Waals surface area contributed by atoms with Crippen molar-refractivity contribution in [2.45, 2.75) is 12.5 Å². The number of hydrogen-bond acceptors (Lipinski definition) is 5. The van der Waals surface area contributed by atoms with E-state index in [9.17, 15) is 9.59 Å². The van der Waals surface area contributed by atoms with Gasteiger partial charge in [-0.2, -0.15) is 0 Å². The van der Waals surface area contributed by atoms with Gasteiger partial charge in [0.25, 0.3) is 5.91 Å². The average molecular weight is 284 g/mol. The first kappa shape index (κ1) is 13.6. The van der Waals surface area contributed by atoms with E-state index in [-0.39, 0.29) is 22.9 Å². The molecule has 1 aliphatic heterocycles. The highest BCUT2D eigenvalue weighted by molar-refractivity contribution is 6.33. The number of likely N-dealkylation sites (N-methyl/N-ethyl adjacent to an activating group) is 1. The molecule has 1 aliphatic rings. The molecule has 0 aromatic carbocycles. The number of likely N-dealkylation sites (tertiary alicyclic amines) is 1. The molecule has 2 rings (SSSR count). The van der Waals surface area contributed by atoms with Gasteiger partial charge >= 0.3 is 0 Å². The Hall–Kier alpha value is -1.86. The summed E-state index contributed by atoms with van der Waals surface area (Å²) in [5.41, 5.74) is 2.65. The number of rotatable bonds is 3. The Morgan fingerprint density at radius 2 is 2.37 bits per heavy atom. The molecule has 1 unspecified atom stereocenters. The summed E-state index contributed by atoms with van der Waals surface area (Å²) in [6, 6.07) is 1.29. The van der Waals surface area contributed by atoms with Crippen molar-refractivity contribution >= 4 is 29.2 Å². The summed E-state index contributed by atoms with van der Waals surface area (Å²) >= 11 is 5.89. The third-order valence-corrected chi connectivity index (χ3v) is 3.20. The molecule has 2 heterocycles. The Morgan fingerprint density at radius 1 is 1.63 bits per heavy atom. The molecule has 0 bridgehead atoms. The van der Waals surface area contributed by atoms with Crippen molar-refractivity contribution in [1.29, 1.82) is 0 Å². The van der Waals surface area contributed by atoms with E-state index >= 15 is 0 Å². The first-order valence-corrected chi connectivity index (χ1v) is 6.06. The second-order valence-electron chi connectivity index (χ2n) is 4.35. The first-order valence-electron chi connectivity index (χ1n) is 5.68. The van der Waals surface area contributed by atoms with Crippen LogP contribution >= 0.6 is 11.6 Å². The van der Waals surface area contributed by atoms with Gasteiger partial charge in [-0.1, -0.05) is 11.6 Å². The summed E-state index contributed by atoms with van der Waals surface area (Å²) in [7, 11) is 1.70. The summed E-state index contributed by atoms with van der Waals surface area (Å²) in [5, 5.41) is 3.03. The molecule has 0 spiro atoms. The van der Waals surface area contributed by atoms with E-state index in [4.69, 9.17) is 17.4 Å². The zero-order valence-corrected chi connectivity index (χ0v) is 11.1. The molecule has 2 amide bonds. The van der Waals surface area contributed by atoms with E-state index in [0.717, 1.165) is 0 Å². The molecule has 102 valence electrons. The number of nitrogens with two attached hydrogens (primary N) is 1. The Labute approximate surface area is 115 Å². The maximum Gasteiger partial charge on any atom is 0.253 e. The van der Waals surface area contributed by atoms with Crippen LogP contribution in [-0.4, -0.2) is 41.3 Å². The Morgan fingerprint density at radius 3 is 2.89 bits per heavy atom. The van der Waals surface area contributed by atoms with Gasteiger partial charge in [0, 0.05) is 26.2 Å². The van der Waals surface area contributed by atoms with Gasteiger partial charge in [-0.25, -0.2) is 10.8 Å². The highest BCUT2D eigenvalue weighted by atomic mass is 35.5. The van der Waals surface area contributed by atoms with Crippen molar-refractivity contribution in [1.82, 2.24) is 15.2 Å². The molecule has 19 heavy (non-hydrogen) atoms. The average Bonchev–Trinajstić information content (AvgIpc) is 2.68. The minimum Gasteiger partial charge on any atom is -0.347 e. The lowest BCUT2D eigenvalue weighted by Crippen LogP contribution is -2.36. The number of hydrogen-bond donors (Lipinski definition) is 3. The highest BCUT2D eigenvalue weighted by Gasteiger charge is 2.28. The van der Waals surface area contributed by atoms with Crippen molar-refractivity contribution in [3.8, 4) is 0 Å². The van der Waals surface area contributed by atoms with Crippen LogP contribution in [0.1, 0.15) is 16.8 Å². The zero-order chi connectivity index (χ0) is 14.0. The van der Waals surface area contributed by atoms with Crippen LogP contribution in [0.3, 0.4) is 0 Å². The lowest BCUT2D eigenvalue weighted by atomic mass is 10.2. The zero-order valence-electron chi connectivity index (χ0n) is 10.3. The topological polar surface area (TPSA) is 100 Å². The van der Waals surface area contributed by atoms with Crippen LogP contribution in [0, 0.1) is 0 Å². The maximum absolute atomic E-state index is 12.0. The van der Waals surface area contributed by atoms with Crippen LogP contribution in [0.25, 0.3) is 0 Å². The van der Waals surface area contributed by atoms with Gasteiger partial charge in [-0.05, 0) is 6.07 Å². The van der Waals surface area contributed by atoms with E-state index < -0.39 is 0 Å². The van der Waals surface area contributed by atoms with Gasteiger partial charge in [-0.15, -0.1) is 0 Å². The van der Waals surface area contributed by atoms with Gasteiger partial charge in [0.1, 0.15) is 0 Å². The molecule has 1 aromatic rings. The van der Waals surface area contributed by atoms with Crippen LogP contribution < -0.4 is 16.6 Å². The van der Waals surface area contributed by atoms with Crippen molar-refractivity contribution < 1.29 is 9.59 Å². The van der Waals surface area contributed by atoms with E-state index in [1.807, 2.05) is 0 Å². The number of anilines is 1. The molecule has 1 atom stereocenters. The molecule has 0 radical (unpaired) electrons. The lowest BCUT2D eigenvalue weighted by molar-refractivity contribution is -0.126. The smallest absolute Gasteiger partial charge is 0.253 e. The van der Waals surface area contributed by atoms with E-state index in [1.54, 1.807) is 11.9 Å². The summed E-state index contributed by atoms with van der Waals surface area (Å²) in [6.45, 7) is 0.508. The number of carbonyl (C=O) groups excluding carboxylic acids is 2. The third-order valence-electron chi connectivity index (χ3n) is 2.92. The fourth-order valence-corrected chi connectivity index (χ4v) is 2.12. The van der Waals surface area contributed by atoms with E-state index in [1.165, 1.54) is 12.3 Å². The largest absolute Gasteiger partial charge is 0.347 e. The Kier molecular flexibility index (Phi) is 3.87. The normalized spacial score (nSPS) is 18.6. The molecule has 1 fully saturated rings. The van der Waals surface area contributed by atoms with Crippen LogP contribution in [0.5, 0.6) is 0 Å². The van der Waals surface area contributed by atoms with Gasteiger partial charge in [0.05, 0.1) is 16.6 Å². The first-order chi connectivity index (χ1) is 9.01. The quantitative estimate of drug-likeness (QED) is 0.535. The van der Waals surface area contributed by atoms with Crippen molar-refractivity contribution in [3.05, 3.63) is 22.8 Å². The highest BCUT2D eigenvalue weighted by Crippen LogP contribution is 2.19. The number of nitrogen functional groups attached to an aromatic ring is 1. The second kappa shape index (κ2) is 5.41. The van der Waals surface area contributed by atoms with Crippen molar-refractivity contribution in [2.75, 3.05) is 19.0 Å². The number of nitrogens with one attached hydrogen (secondary N) is 2. The van der Waals surface area contributed by atoms with Crippen LogP contribution in [0.4, 0.5) is 5.82 Å². The predicted octanol–water partition coefficient (Wildman–Crippen LogP) is -0.0189. The van der Waals surface area contributed by atoms with Crippen molar-refractivity contribution in [3.63, 3.8) is 0 Å². The van der Waals surface area contributed by atoms with E-state index in [0.29, 0.717) is 24.3 Å². The summed E-state index contributed by atoms with van der Waals surface area (Å²) in [4.78, 5) is 28.8. The lowest BCUT2D eigenvalue weighted by Gasteiger charge is -2.12. The molecule has 1 saturated heterocycles. The van der Waals surface area contributed by atoms with Crippen LogP contribution in [0.2, 0.25) is 5.02 Å². The number of carbonyl (C=O) groups is 2. The standard InChI is InChI=1S/C11H14ClN5O2/c1-17-5-7(3-9(17)18)15-11(19)6-2-8(12)10(16-13)14-4-6/h2,4,7H,3,5,13H2,1H3,(H,14,16)(H,15,19). The molecule has 8 heteroatoms. The number of pyridine rings is 1. The van der Waals surface area contributed by atoms with Crippen LogP contribution in [0.15, 0.2) is 12.3 Å². The number of aromatic nitrogens is 1. The predicted molar refractivity (Wildman–Crippen MR) is 70.6 cm³/mol. The van der Waals surface area contributed by atoms with Gasteiger partial charge in [0.2, 0.25) is 5.91 Å². The minimum atomic E-state index is -0.314. The molecule has 0 aliphatic carbocycles. The molecule has 0 saturated carbocycles.